The molecule has 0 spiro atoms. The molecular weight excluding hydrogens is 334 g/mol. The lowest BCUT2D eigenvalue weighted by atomic mass is 9.80. The van der Waals surface area contributed by atoms with Crippen LogP contribution in [0.3, 0.4) is 0 Å². The number of nitrogens with one attached hydrogen (secondary N) is 1. The van der Waals surface area contributed by atoms with Crippen molar-refractivity contribution in [1.82, 2.24) is 0 Å². The van der Waals surface area contributed by atoms with Crippen molar-refractivity contribution < 1.29 is 4.74 Å². The Kier molecular flexibility index (Phi) is 4.65. The van der Waals surface area contributed by atoms with Crippen molar-refractivity contribution >= 4 is 11.5 Å². The van der Waals surface area contributed by atoms with Gasteiger partial charge in [0, 0.05) is 28.9 Å². The summed E-state index contributed by atoms with van der Waals surface area (Å²) in [6.45, 7) is 2.92. The van der Waals surface area contributed by atoms with E-state index in [-0.39, 0.29) is 0 Å². The second kappa shape index (κ2) is 7.25. The molecule has 0 saturated carbocycles. The Morgan fingerprint density at radius 1 is 0.889 bits per heavy atom. The molecule has 0 radical (unpaired) electrons. The molecule has 4 nitrogen and oxygen atoms in total. The number of rotatable bonds is 5. The molecule has 0 aliphatic carbocycles. The number of hydrogen-bond donors (Lipinski definition) is 2. The van der Waals surface area contributed by atoms with E-state index in [4.69, 9.17) is 15.5 Å². The first kappa shape index (κ1) is 17.3. The van der Waals surface area contributed by atoms with Gasteiger partial charge in [0.05, 0.1) is 6.61 Å². The quantitative estimate of drug-likeness (QED) is 0.721. The number of nitrogens with two attached hydrogens (primary N) is 1. The molecule has 3 aromatic carbocycles. The fraction of sp³-hybridized carbons (Fsp3) is 0.174. The van der Waals surface area contributed by atoms with Crippen LogP contribution in [0.2, 0.25) is 0 Å². The number of aliphatic imine (C=N–C) groups is 1. The lowest BCUT2D eigenvalue weighted by molar-refractivity contribution is 0.329. The molecule has 1 atom stereocenters. The van der Waals surface area contributed by atoms with Gasteiger partial charge in [-0.15, -0.1) is 0 Å². The third-order valence-corrected chi connectivity index (χ3v) is 4.90. The predicted molar refractivity (Wildman–Crippen MR) is 110 cm³/mol. The van der Waals surface area contributed by atoms with E-state index in [1.54, 1.807) is 0 Å². The van der Waals surface area contributed by atoms with Gasteiger partial charge in [0.2, 0.25) is 0 Å². The lowest BCUT2D eigenvalue weighted by Crippen LogP contribution is -2.41. The SMILES string of the molecule is CCOc1ccccc1C1(CN)N=C(c2ccccc2)Nc2ccccc21. The summed E-state index contributed by atoms with van der Waals surface area (Å²) in [4.78, 5) is 5.16. The van der Waals surface area contributed by atoms with Crippen LogP contribution in [-0.2, 0) is 5.54 Å². The molecule has 27 heavy (non-hydrogen) atoms. The molecule has 1 aliphatic rings. The zero-order valence-electron chi connectivity index (χ0n) is 15.4. The van der Waals surface area contributed by atoms with Crippen LogP contribution in [0.25, 0.3) is 0 Å². The highest BCUT2D eigenvalue weighted by molar-refractivity contribution is 6.10. The van der Waals surface area contributed by atoms with Crippen LogP contribution in [0, 0.1) is 0 Å². The van der Waals surface area contributed by atoms with E-state index in [1.165, 1.54) is 0 Å². The van der Waals surface area contributed by atoms with E-state index in [2.05, 4.69) is 35.6 Å². The Morgan fingerprint density at radius 3 is 2.30 bits per heavy atom. The summed E-state index contributed by atoms with van der Waals surface area (Å²) < 4.78 is 5.93. The Balaban J connectivity index is 1.98. The van der Waals surface area contributed by atoms with E-state index in [0.717, 1.165) is 34.0 Å². The standard InChI is InChI=1S/C23H23N3O/c1-2-27-21-15-9-7-13-19(21)23(16-24)18-12-6-8-14-20(18)25-22(26-23)17-10-4-3-5-11-17/h3-15H,2,16,24H2,1H3,(H,25,26). The Morgan fingerprint density at radius 2 is 1.56 bits per heavy atom. The topological polar surface area (TPSA) is 59.6 Å². The molecular formula is C23H23N3O. The monoisotopic (exact) mass is 357 g/mol. The fourth-order valence-corrected chi connectivity index (χ4v) is 3.65. The molecule has 0 bridgehead atoms. The van der Waals surface area contributed by atoms with Gasteiger partial charge in [-0.2, -0.15) is 0 Å². The zero-order chi connectivity index (χ0) is 18.7. The largest absolute Gasteiger partial charge is 0.493 e. The molecule has 0 saturated heterocycles. The number of ether oxygens (including phenoxy) is 1. The molecule has 4 heteroatoms. The Bertz CT molecular complexity index is 968. The molecule has 1 heterocycles. The highest BCUT2D eigenvalue weighted by Crippen LogP contribution is 2.44. The highest BCUT2D eigenvalue weighted by atomic mass is 16.5. The second-order valence-corrected chi connectivity index (χ2v) is 6.49. The van der Waals surface area contributed by atoms with Crippen molar-refractivity contribution in [2.24, 2.45) is 10.7 Å². The van der Waals surface area contributed by atoms with Gasteiger partial charge in [0.25, 0.3) is 0 Å². The van der Waals surface area contributed by atoms with Gasteiger partial charge >= 0.3 is 0 Å². The van der Waals surface area contributed by atoms with E-state index >= 15 is 0 Å². The average Bonchev–Trinajstić information content (AvgIpc) is 2.74. The lowest BCUT2D eigenvalue weighted by Gasteiger charge is -2.37. The Labute approximate surface area is 159 Å². The third-order valence-electron chi connectivity index (χ3n) is 4.90. The van der Waals surface area contributed by atoms with Crippen LogP contribution in [-0.4, -0.2) is 19.0 Å². The summed E-state index contributed by atoms with van der Waals surface area (Å²) >= 11 is 0. The van der Waals surface area contributed by atoms with Crippen LogP contribution >= 0.6 is 0 Å². The maximum atomic E-state index is 6.40. The van der Waals surface area contributed by atoms with E-state index in [1.807, 2.05) is 55.5 Å². The van der Waals surface area contributed by atoms with Gasteiger partial charge in [0.15, 0.2) is 0 Å². The molecule has 0 aromatic heterocycles. The van der Waals surface area contributed by atoms with Crippen molar-refractivity contribution in [1.29, 1.82) is 0 Å². The minimum Gasteiger partial charge on any atom is -0.493 e. The summed E-state index contributed by atoms with van der Waals surface area (Å²) in [6, 6.07) is 26.4. The van der Waals surface area contributed by atoms with E-state index < -0.39 is 5.54 Å². The third kappa shape index (κ3) is 2.98. The molecule has 136 valence electrons. The average molecular weight is 357 g/mol. The maximum Gasteiger partial charge on any atom is 0.134 e. The molecule has 0 amide bonds. The minimum absolute atomic E-state index is 0.339. The first-order valence-corrected chi connectivity index (χ1v) is 9.22. The first-order valence-electron chi connectivity index (χ1n) is 9.22. The minimum atomic E-state index is -0.710. The van der Waals surface area contributed by atoms with Gasteiger partial charge in [0.1, 0.15) is 17.1 Å². The molecule has 1 unspecified atom stereocenters. The van der Waals surface area contributed by atoms with Crippen molar-refractivity contribution in [2.75, 3.05) is 18.5 Å². The molecule has 3 N–H and O–H groups in total. The summed E-state index contributed by atoms with van der Waals surface area (Å²) in [7, 11) is 0. The van der Waals surface area contributed by atoms with Gasteiger partial charge in [-0.1, -0.05) is 66.7 Å². The van der Waals surface area contributed by atoms with E-state index in [0.29, 0.717) is 13.2 Å². The number of anilines is 1. The predicted octanol–water partition coefficient (Wildman–Crippen LogP) is 4.16. The van der Waals surface area contributed by atoms with Crippen LogP contribution in [0.5, 0.6) is 5.75 Å². The molecule has 0 fully saturated rings. The van der Waals surface area contributed by atoms with Crippen molar-refractivity contribution in [3.63, 3.8) is 0 Å². The van der Waals surface area contributed by atoms with Crippen LogP contribution in [0.15, 0.2) is 83.9 Å². The maximum absolute atomic E-state index is 6.40. The molecule has 3 aromatic rings. The first-order chi connectivity index (χ1) is 13.3. The van der Waals surface area contributed by atoms with Gasteiger partial charge in [-0.05, 0) is 19.1 Å². The number of amidine groups is 1. The van der Waals surface area contributed by atoms with Gasteiger partial charge < -0.3 is 15.8 Å². The second-order valence-electron chi connectivity index (χ2n) is 6.49. The van der Waals surface area contributed by atoms with Crippen molar-refractivity contribution in [2.45, 2.75) is 12.5 Å². The fourth-order valence-electron chi connectivity index (χ4n) is 3.65. The van der Waals surface area contributed by atoms with Crippen LogP contribution in [0.1, 0.15) is 23.6 Å². The van der Waals surface area contributed by atoms with Crippen molar-refractivity contribution in [3.05, 3.63) is 95.6 Å². The smallest absolute Gasteiger partial charge is 0.134 e. The number of nitrogens with zero attached hydrogens (tertiary/aromatic N) is 1. The summed E-state index contributed by atoms with van der Waals surface area (Å²) in [6.07, 6.45) is 0. The number of benzene rings is 3. The van der Waals surface area contributed by atoms with E-state index in [9.17, 15) is 0 Å². The summed E-state index contributed by atoms with van der Waals surface area (Å²) in [5.74, 6) is 1.63. The number of fused-ring (bicyclic) bond motifs is 1. The van der Waals surface area contributed by atoms with Gasteiger partial charge in [-0.3, -0.25) is 0 Å². The van der Waals surface area contributed by atoms with Gasteiger partial charge in [-0.25, -0.2) is 4.99 Å². The number of hydrogen-bond acceptors (Lipinski definition) is 4. The molecule has 1 aliphatic heterocycles. The number of para-hydroxylation sites is 2. The Hall–Kier alpha value is -3.11. The zero-order valence-corrected chi connectivity index (χ0v) is 15.4. The summed E-state index contributed by atoms with van der Waals surface area (Å²) in [5.41, 5.74) is 9.77. The molecule has 4 rings (SSSR count). The highest BCUT2D eigenvalue weighted by Gasteiger charge is 2.40. The summed E-state index contributed by atoms with van der Waals surface area (Å²) in [5, 5.41) is 3.48. The normalized spacial score (nSPS) is 18.2. The van der Waals surface area contributed by atoms with Crippen LogP contribution in [0.4, 0.5) is 5.69 Å². The van der Waals surface area contributed by atoms with Crippen LogP contribution < -0.4 is 15.8 Å². The van der Waals surface area contributed by atoms with Crippen molar-refractivity contribution in [3.8, 4) is 5.75 Å².